The SMILES string of the molecule is COc1ccc(S(=O)(=O)N(C)CC(=O)N2c3ccccc3CC2C)cc1Cl. The van der Waals surface area contributed by atoms with Gasteiger partial charge in [-0.25, -0.2) is 8.42 Å². The molecule has 2 aromatic carbocycles. The lowest BCUT2D eigenvalue weighted by molar-refractivity contribution is -0.118. The number of nitrogens with zero attached hydrogens (tertiary/aromatic N) is 2. The number of hydrogen-bond donors (Lipinski definition) is 0. The molecule has 0 saturated heterocycles. The van der Waals surface area contributed by atoms with E-state index in [1.165, 1.54) is 32.4 Å². The fraction of sp³-hybridized carbons (Fsp3) is 0.316. The molecule has 0 radical (unpaired) electrons. The van der Waals surface area contributed by atoms with Crippen LogP contribution in [-0.4, -0.2) is 45.4 Å². The largest absolute Gasteiger partial charge is 0.495 e. The molecular weight excluding hydrogens is 388 g/mol. The number of rotatable bonds is 5. The number of hydrogen-bond acceptors (Lipinski definition) is 4. The van der Waals surface area contributed by atoms with Crippen molar-refractivity contribution in [2.75, 3.05) is 25.6 Å². The van der Waals surface area contributed by atoms with Crippen molar-refractivity contribution in [1.29, 1.82) is 0 Å². The maximum atomic E-state index is 12.8. The van der Waals surface area contributed by atoms with Crippen molar-refractivity contribution < 1.29 is 17.9 Å². The van der Waals surface area contributed by atoms with Gasteiger partial charge in [-0.2, -0.15) is 4.31 Å². The third kappa shape index (κ3) is 3.67. The van der Waals surface area contributed by atoms with Gasteiger partial charge in [0, 0.05) is 18.8 Å². The highest BCUT2D eigenvalue weighted by Crippen LogP contribution is 2.32. The summed E-state index contributed by atoms with van der Waals surface area (Å²) in [7, 11) is -1.02. The molecule has 1 aliphatic heterocycles. The van der Waals surface area contributed by atoms with Crippen LogP contribution >= 0.6 is 11.6 Å². The van der Waals surface area contributed by atoms with E-state index >= 15 is 0 Å². The maximum Gasteiger partial charge on any atom is 0.243 e. The van der Waals surface area contributed by atoms with Gasteiger partial charge in [0.15, 0.2) is 0 Å². The number of carbonyl (C=O) groups is 1. The molecule has 3 rings (SSSR count). The van der Waals surface area contributed by atoms with Crippen LogP contribution in [0.15, 0.2) is 47.4 Å². The highest BCUT2D eigenvalue weighted by Gasteiger charge is 2.33. The van der Waals surface area contributed by atoms with Crippen LogP contribution in [0, 0.1) is 0 Å². The molecule has 1 heterocycles. The van der Waals surface area contributed by atoms with E-state index < -0.39 is 10.0 Å². The zero-order valence-corrected chi connectivity index (χ0v) is 16.9. The number of fused-ring (bicyclic) bond motifs is 1. The van der Waals surface area contributed by atoms with Crippen LogP contribution in [0.3, 0.4) is 0 Å². The molecule has 27 heavy (non-hydrogen) atoms. The number of sulfonamides is 1. The molecule has 2 aromatic rings. The van der Waals surface area contributed by atoms with Gasteiger partial charge in [-0.3, -0.25) is 4.79 Å². The Morgan fingerprint density at radius 3 is 2.67 bits per heavy atom. The summed E-state index contributed by atoms with van der Waals surface area (Å²) in [6, 6.07) is 11.9. The molecule has 0 bridgehead atoms. The van der Waals surface area contributed by atoms with Gasteiger partial charge in [0.2, 0.25) is 15.9 Å². The van der Waals surface area contributed by atoms with Crippen molar-refractivity contribution in [3.05, 3.63) is 53.1 Å². The van der Waals surface area contributed by atoms with Crippen LogP contribution in [0.5, 0.6) is 5.75 Å². The van der Waals surface area contributed by atoms with E-state index in [1.54, 1.807) is 4.90 Å². The third-order valence-electron chi connectivity index (χ3n) is 4.67. The summed E-state index contributed by atoms with van der Waals surface area (Å²) >= 11 is 6.04. The fourth-order valence-corrected chi connectivity index (χ4v) is 4.75. The molecule has 1 amide bonds. The lowest BCUT2D eigenvalue weighted by atomic mass is 10.1. The number of ether oxygens (including phenoxy) is 1. The number of anilines is 1. The van der Waals surface area contributed by atoms with Gasteiger partial charge in [-0.1, -0.05) is 29.8 Å². The molecule has 6 nitrogen and oxygen atoms in total. The molecule has 0 aromatic heterocycles. The molecular formula is C19H21ClN2O4S. The minimum Gasteiger partial charge on any atom is -0.495 e. The fourth-order valence-electron chi connectivity index (χ4n) is 3.28. The standard InChI is InChI=1S/C19H21ClN2O4S/c1-13-10-14-6-4-5-7-17(14)22(13)19(23)12-21(2)27(24,25)15-8-9-18(26-3)16(20)11-15/h4-9,11,13H,10,12H2,1-3H3. The smallest absolute Gasteiger partial charge is 0.243 e. The van der Waals surface area contributed by atoms with E-state index in [1.807, 2.05) is 31.2 Å². The van der Waals surface area contributed by atoms with Crippen molar-refractivity contribution in [1.82, 2.24) is 4.31 Å². The van der Waals surface area contributed by atoms with E-state index in [-0.39, 0.29) is 28.4 Å². The van der Waals surface area contributed by atoms with Crippen LogP contribution in [0.1, 0.15) is 12.5 Å². The molecule has 1 aliphatic rings. The Balaban J connectivity index is 1.81. The van der Waals surface area contributed by atoms with Gasteiger partial charge < -0.3 is 9.64 Å². The molecule has 1 unspecified atom stereocenters. The summed E-state index contributed by atoms with van der Waals surface area (Å²) in [6.45, 7) is 1.69. The Kier molecular flexibility index (Phi) is 5.46. The van der Waals surface area contributed by atoms with Crippen molar-refractivity contribution >= 4 is 33.2 Å². The first kappa shape index (κ1) is 19.7. The van der Waals surface area contributed by atoms with Gasteiger partial charge in [0.25, 0.3) is 0 Å². The molecule has 1 atom stereocenters. The molecule has 0 fully saturated rings. The van der Waals surface area contributed by atoms with Crippen molar-refractivity contribution in [3.8, 4) is 5.75 Å². The van der Waals surface area contributed by atoms with Crippen LogP contribution in [0.4, 0.5) is 5.69 Å². The summed E-state index contributed by atoms with van der Waals surface area (Å²) in [5.74, 6) is 0.120. The second-order valence-electron chi connectivity index (χ2n) is 6.50. The highest BCUT2D eigenvalue weighted by atomic mass is 35.5. The lowest BCUT2D eigenvalue weighted by Crippen LogP contribution is -2.43. The number of amides is 1. The summed E-state index contributed by atoms with van der Waals surface area (Å²) in [4.78, 5) is 14.5. The minimum absolute atomic E-state index is 0.0125. The topological polar surface area (TPSA) is 66.9 Å². The summed E-state index contributed by atoms with van der Waals surface area (Å²) < 4.78 is 31.7. The van der Waals surface area contributed by atoms with Crippen molar-refractivity contribution in [2.24, 2.45) is 0 Å². The van der Waals surface area contributed by atoms with E-state index in [2.05, 4.69) is 0 Å². The number of para-hydroxylation sites is 1. The molecule has 0 aliphatic carbocycles. The predicted octanol–water partition coefficient (Wildman–Crippen LogP) is 2.95. The monoisotopic (exact) mass is 408 g/mol. The second-order valence-corrected chi connectivity index (χ2v) is 8.96. The van der Waals surface area contributed by atoms with Crippen molar-refractivity contribution in [3.63, 3.8) is 0 Å². The van der Waals surface area contributed by atoms with Crippen LogP contribution in [-0.2, 0) is 21.2 Å². The molecule has 144 valence electrons. The Hall–Kier alpha value is -2.09. The number of carbonyl (C=O) groups excluding carboxylic acids is 1. The Bertz CT molecular complexity index is 977. The average molecular weight is 409 g/mol. The van der Waals surface area contributed by atoms with Gasteiger partial charge in [0.05, 0.1) is 23.6 Å². The van der Waals surface area contributed by atoms with Gasteiger partial charge >= 0.3 is 0 Å². The molecule has 0 spiro atoms. The first-order valence-corrected chi connectivity index (χ1v) is 10.3. The minimum atomic E-state index is -3.86. The van der Waals surface area contributed by atoms with Crippen LogP contribution in [0.25, 0.3) is 0 Å². The Morgan fingerprint density at radius 1 is 1.30 bits per heavy atom. The number of methoxy groups -OCH3 is 1. The van der Waals surface area contributed by atoms with Gasteiger partial charge in [-0.05, 0) is 43.2 Å². The summed E-state index contributed by atoms with van der Waals surface area (Å²) in [5.41, 5.74) is 1.93. The molecule has 0 saturated carbocycles. The van der Waals surface area contributed by atoms with E-state index in [0.717, 1.165) is 22.0 Å². The van der Waals surface area contributed by atoms with E-state index in [4.69, 9.17) is 16.3 Å². The predicted molar refractivity (Wildman–Crippen MR) is 105 cm³/mol. The first-order chi connectivity index (χ1) is 12.8. The molecule has 8 heteroatoms. The van der Waals surface area contributed by atoms with Crippen LogP contribution in [0.2, 0.25) is 5.02 Å². The third-order valence-corrected chi connectivity index (χ3v) is 6.76. The number of benzene rings is 2. The van der Waals surface area contributed by atoms with Crippen molar-refractivity contribution in [2.45, 2.75) is 24.3 Å². The van der Waals surface area contributed by atoms with E-state index in [9.17, 15) is 13.2 Å². The average Bonchev–Trinajstić information content (AvgIpc) is 2.97. The highest BCUT2D eigenvalue weighted by molar-refractivity contribution is 7.89. The number of likely N-dealkylation sites (N-methyl/N-ethyl adjacent to an activating group) is 1. The lowest BCUT2D eigenvalue weighted by Gasteiger charge is -2.25. The quantitative estimate of drug-likeness (QED) is 0.762. The summed E-state index contributed by atoms with van der Waals surface area (Å²) in [6.07, 6.45) is 0.756. The normalized spacial score (nSPS) is 16.5. The second kappa shape index (κ2) is 7.50. The summed E-state index contributed by atoms with van der Waals surface area (Å²) in [5, 5.41) is 0.195. The number of halogens is 1. The maximum absolute atomic E-state index is 12.8. The van der Waals surface area contributed by atoms with Gasteiger partial charge in [0.1, 0.15) is 5.75 Å². The Labute approximate surface area is 164 Å². The zero-order valence-electron chi connectivity index (χ0n) is 15.3. The van der Waals surface area contributed by atoms with Crippen LogP contribution < -0.4 is 9.64 Å². The molecule has 0 N–H and O–H groups in total. The van der Waals surface area contributed by atoms with E-state index in [0.29, 0.717) is 5.75 Å². The Morgan fingerprint density at radius 2 is 2.00 bits per heavy atom. The van der Waals surface area contributed by atoms with Gasteiger partial charge in [-0.15, -0.1) is 0 Å². The zero-order chi connectivity index (χ0) is 19.8. The first-order valence-electron chi connectivity index (χ1n) is 8.45.